The van der Waals surface area contributed by atoms with Crippen LogP contribution in [0.2, 0.25) is 0 Å². The number of hydrogen-bond donors (Lipinski definition) is 0. The van der Waals surface area contributed by atoms with Gasteiger partial charge in [0.2, 0.25) is 0 Å². The summed E-state index contributed by atoms with van der Waals surface area (Å²) in [5.74, 6) is 0. The molecule has 0 aromatic heterocycles. The number of nitrogens with zero attached hydrogens (tertiary/aromatic N) is 2. The fraction of sp³-hybridized carbons (Fsp3) is 1.00. The highest BCUT2D eigenvalue weighted by Gasteiger charge is 2.56. The van der Waals surface area contributed by atoms with Crippen molar-refractivity contribution >= 4 is 0 Å². The van der Waals surface area contributed by atoms with Crippen molar-refractivity contribution in [3.05, 3.63) is 0 Å². The molecule has 98 valence electrons. The first-order valence-electron chi connectivity index (χ1n) is 7.63. The van der Waals surface area contributed by atoms with E-state index in [9.17, 15) is 0 Å². The predicted octanol–water partition coefficient (Wildman–Crippen LogP) is 2.74. The van der Waals surface area contributed by atoms with E-state index in [1.807, 2.05) is 0 Å². The SMILES string of the molecule is CCN1CCCN(C23CCCC(C)(C2)C3)CC1. The number of rotatable bonds is 2. The first-order valence-corrected chi connectivity index (χ1v) is 7.63. The van der Waals surface area contributed by atoms with E-state index in [4.69, 9.17) is 0 Å². The van der Waals surface area contributed by atoms with Gasteiger partial charge in [0, 0.05) is 18.6 Å². The molecule has 0 N–H and O–H groups in total. The lowest BCUT2D eigenvalue weighted by Gasteiger charge is -2.64. The van der Waals surface area contributed by atoms with Crippen LogP contribution in [0.5, 0.6) is 0 Å². The van der Waals surface area contributed by atoms with Gasteiger partial charge in [0.15, 0.2) is 0 Å². The summed E-state index contributed by atoms with van der Waals surface area (Å²) in [7, 11) is 0. The maximum atomic E-state index is 2.86. The van der Waals surface area contributed by atoms with E-state index in [1.54, 1.807) is 0 Å². The van der Waals surface area contributed by atoms with Crippen LogP contribution in [0.1, 0.15) is 52.4 Å². The molecule has 3 saturated carbocycles. The second-order valence-corrected chi connectivity index (χ2v) is 7.02. The van der Waals surface area contributed by atoms with E-state index in [0.29, 0.717) is 5.54 Å². The predicted molar refractivity (Wildman–Crippen MR) is 72.2 cm³/mol. The average molecular weight is 236 g/mol. The molecule has 0 atom stereocenters. The van der Waals surface area contributed by atoms with Crippen molar-refractivity contribution in [1.82, 2.24) is 9.80 Å². The van der Waals surface area contributed by atoms with Gasteiger partial charge in [-0.15, -0.1) is 0 Å². The fourth-order valence-corrected chi connectivity index (χ4v) is 4.88. The molecule has 0 aromatic rings. The molecule has 2 heteroatoms. The summed E-state index contributed by atoms with van der Waals surface area (Å²) in [5, 5.41) is 0. The van der Waals surface area contributed by atoms with Gasteiger partial charge in [0.05, 0.1) is 0 Å². The van der Waals surface area contributed by atoms with Crippen LogP contribution >= 0.6 is 0 Å². The van der Waals surface area contributed by atoms with Crippen LogP contribution in [0, 0.1) is 5.41 Å². The van der Waals surface area contributed by atoms with Gasteiger partial charge in [-0.3, -0.25) is 4.90 Å². The number of likely N-dealkylation sites (N-methyl/N-ethyl adjacent to an activating group) is 1. The Kier molecular flexibility index (Phi) is 2.99. The van der Waals surface area contributed by atoms with Crippen LogP contribution in [0.25, 0.3) is 0 Å². The molecular formula is C15H28N2. The Morgan fingerprint density at radius 2 is 1.76 bits per heavy atom. The minimum absolute atomic E-state index is 0.636. The van der Waals surface area contributed by atoms with Gasteiger partial charge in [0.1, 0.15) is 0 Å². The lowest BCUT2D eigenvalue weighted by Crippen LogP contribution is -2.64. The molecule has 0 aromatic carbocycles. The summed E-state index contributed by atoms with van der Waals surface area (Å²) in [6.07, 6.45) is 8.81. The van der Waals surface area contributed by atoms with E-state index in [0.717, 1.165) is 5.41 Å². The van der Waals surface area contributed by atoms with Gasteiger partial charge in [0.25, 0.3) is 0 Å². The van der Waals surface area contributed by atoms with E-state index < -0.39 is 0 Å². The van der Waals surface area contributed by atoms with Gasteiger partial charge < -0.3 is 4.90 Å². The summed E-state index contributed by atoms with van der Waals surface area (Å²) >= 11 is 0. The molecule has 0 unspecified atom stereocenters. The first kappa shape index (κ1) is 12.0. The van der Waals surface area contributed by atoms with Crippen LogP contribution in [0.4, 0.5) is 0 Å². The van der Waals surface area contributed by atoms with Crippen molar-refractivity contribution in [2.24, 2.45) is 5.41 Å². The van der Waals surface area contributed by atoms with Gasteiger partial charge in [-0.2, -0.15) is 0 Å². The van der Waals surface area contributed by atoms with E-state index in [-0.39, 0.29) is 0 Å². The topological polar surface area (TPSA) is 6.48 Å². The minimum Gasteiger partial charge on any atom is -0.302 e. The van der Waals surface area contributed by atoms with Crippen molar-refractivity contribution < 1.29 is 0 Å². The third kappa shape index (κ3) is 2.04. The molecule has 4 aliphatic rings. The number of fused-ring (bicyclic) bond motifs is 2. The second-order valence-electron chi connectivity index (χ2n) is 7.02. The summed E-state index contributed by atoms with van der Waals surface area (Å²) < 4.78 is 0. The van der Waals surface area contributed by atoms with Crippen molar-refractivity contribution in [2.45, 2.75) is 57.9 Å². The standard InChI is InChI=1S/C15H28N2/c1-3-16-8-5-9-17(11-10-16)15-7-4-6-14(2,12-15)13-15/h3-13H2,1-2H3. The smallest absolute Gasteiger partial charge is 0.0220 e. The van der Waals surface area contributed by atoms with Crippen molar-refractivity contribution in [3.8, 4) is 0 Å². The van der Waals surface area contributed by atoms with E-state index >= 15 is 0 Å². The third-order valence-electron chi connectivity index (χ3n) is 5.64. The lowest BCUT2D eigenvalue weighted by atomic mass is 9.50. The van der Waals surface area contributed by atoms with E-state index in [2.05, 4.69) is 23.6 Å². The molecule has 2 bridgehead atoms. The zero-order chi connectivity index (χ0) is 11.9. The first-order chi connectivity index (χ1) is 8.16. The third-order valence-corrected chi connectivity index (χ3v) is 5.64. The quantitative estimate of drug-likeness (QED) is 0.727. The maximum absolute atomic E-state index is 2.86. The molecule has 4 fully saturated rings. The zero-order valence-electron chi connectivity index (χ0n) is 11.7. The zero-order valence-corrected chi connectivity index (χ0v) is 11.7. The van der Waals surface area contributed by atoms with Gasteiger partial charge in [-0.25, -0.2) is 0 Å². The van der Waals surface area contributed by atoms with Crippen LogP contribution in [0.3, 0.4) is 0 Å². The normalized spacial score (nSPS) is 44.1. The molecule has 17 heavy (non-hydrogen) atoms. The van der Waals surface area contributed by atoms with Gasteiger partial charge >= 0.3 is 0 Å². The molecule has 1 heterocycles. The second kappa shape index (κ2) is 4.24. The Morgan fingerprint density at radius 3 is 2.47 bits per heavy atom. The summed E-state index contributed by atoms with van der Waals surface area (Å²) in [5.41, 5.74) is 1.35. The minimum atomic E-state index is 0.636. The highest BCUT2D eigenvalue weighted by atomic mass is 15.3. The Morgan fingerprint density at radius 1 is 0.941 bits per heavy atom. The molecule has 4 rings (SSSR count). The maximum Gasteiger partial charge on any atom is 0.0220 e. The summed E-state index contributed by atoms with van der Waals surface area (Å²) in [6.45, 7) is 11.3. The molecular weight excluding hydrogens is 208 g/mol. The lowest BCUT2D eigenvalue weighted by molar-refractivity contribution is -0.116. The average Bonchev–Trinajstić information content (AvgIpc) is 2.53. The van der Waals surface area contributed by atoms with Crippen LogP contribution < -0.4 is 0 Å². The fourth-order valence-electron chi connectivity index (χ4n) is 4.88. The Balaban J connectivity index is 1.65. The Labute approximate surface area is 106 Å². The largest absolute Gasteiger partial charge is 0.302 e. The van der Waals surface area contributed by atoms with Gasteiger partial charge in [-0.1, -0.05) is 20.3 Å². The molecule has 0 spiro atoms. The van der Waals surface area contributed by atoms with Crippen LogP contribution in [-0.4, -0.2) is 48.1 Å². The molecule has 1 saturated heterocycles. The highest BCUT2D eigenvalue weighted by molar-refractivity contribution is 5.11. The van der Waals surface area contributed by atoms with E-state index in [1.165, 1.54) is 71.2 Å². The summed E-state index contributed by atoms with van der Waals surface area (Å²) in [4.78, 5) is 5.49. The number of hydrogen-bond acceptors (Lipinski definition) is 2. The molecule has 0 radical (unpaired) electrons. The molecule has 0 amide bonds. The van der Waals surface area contributed by atoms with Crippen molar-refractivity contribution in [1.29, 1.82) is 0 Å². The molecule has 2 nitrogen and oxygen atoms in total. The summed E-state index contributed by atoms with van der Waals surface area (Å²) in [6, 6.07) is 0. The van der Waals surface area contributed by atoms with Crippen LogP contribution in [-0.2, 0) is 0 Å². The molecule has 3 aliphatic carbocycles. The Hall–Kier alpha value is -0.0800. The highest BCUT2D eigenvalue weighted by Crippen LogP contribution is 2.60. The monoisotopic (exact) mass is 236 g/mol. The Bertz CT molecular complexity index is 281. The van der Waals surface area contributed by atoms with Gasteiger partial charge in [-0.05, 0) is 57.2 Å². The van der Waals surface area contributed by atoms with Crippen molar-refractivity contribution in [3.63, 3.8) is 0 Å². The van der Waals surface area contributed by atoms with Crippen LogP contribution in [0.15, 0.2) is 0 Å². The molecule has 1 aliphatic heterocycles. The van der Waals surface area contributed by atoms with Crippen molar-refractivity contribution in [2.75, 3.05) is 32.7 Å².